The predicted molar refractivity (Wildman–Crippen MR) is 99.8 cm³/mol. The zero-order valence-electron chi connectivity index (χ0n) is 16.5. The quantitative estimate of drug-likeness (QED) is 0.752. The van der Waals surface area contributed by atoms with E-state index in [-0.39, 0.29) is 11.7 Å². The fraction of sp³-hybridized carbons (Fsp3) is 0.667. The minimum absolute atomic E-state index is 0.150. The van der Waals surface area contributed by atoms with Crippen molar-refractivity contribution < 1.29 is 4.79 Å². The van der Waals surface area contributed by atoms with E-state index in [1.165, 1.54) is 0 Å². The Morgan fingerprint density at radius 2 is 2.04 bits per heavy atom. The summed E-state index contributed by atoms with van der Waals surface area (Å²) in [5.74, 6) is 1.46. The maximum Gasteiger partial charge on any atom is 0.291 e. The molecular formula is C18H28N8O. The Morgan fingerprint density at radius 3 is 2.70 bits per heavy atom. The lowest BCUT2D eigenvalue weighted by molar-refractivity contribution is 0.0249. The van der Waals surface area contributed by atoms with Gasteiger partial charge in [-0.25, -0.2) is 14.6 Å². The first-order valence-corrected chi connectivity index (χ1v) is 9.44. The molecule has 1 amide bonds. The van der Waals surface area contributed by atoms with Gasteiger partial charge in [0.2, 0.25) is 5.82 Å². The Hall–Kier alpha value is -2.42. The molecule has 3 rings (SSSR count). The fourth-order valence-electron chi connectivity index (χ4n) is 3.58. The number of rotatable bonds is 6. The average molecular weight is 372 g/mol. The molecule has 1 saturated heterocycles. The van der Waals surface area contributed by atoms with E-state index in [1.807, 2.05) is 23.7 Å². The Kier molecular flexibility index (Phi) is 5.79. The first-order chi connectivity index (χ1) is 12.9. The van der Waals surface area contributed by atoms with Gasteiger partial charge in [0.1, 0.15) is 5.54 Å². The monoisotopic (exact) mass is 372 g/mol. The molecule has 27 heavy (non-hydrogen) atoms. The van der Waals surface area contributed by atoms with Crippen molar-refractivity contribution >= 4 is 5.91 Å². The molecule has 2 aromatic heterocycles. The number of piperidine rings is 1. The number of hydrogen-bond donors (Lipinski definition) is 0. The van der Waals surface area contributed by atoms with Crippen LogP contribution in [0.4, 0.5) is 0 Å². The van der Waals surface area contributed by atoms with Crippen LogP contribution >= 0.6 is 0 Å². The van der Waals surface area contributed by atoms with Crippen molar-refractivity contribution in [3.05, 3.63) is 30.1 Å². The molecule has 2 aromatic rings. The van der Waals surface area contributed by atoms with E-state index in [0.717, 1.165) is 31.6 Å². The number of nitrogens with zero attached hydrogens (tertiary/aromatic N) is 8. The van der Waals surface area contributed by atoms with Crippen LogP contribution < -0.4 is 0 Å². The van der Waals surface area contributed by atoms with Gasteiger partial charge in [0.05, 0.1) is 0 Å². The summed E-state index contributed by atoms with van der Waals surface area (Å²) < 4.78 is 1.90. The lowest BCUT2D eigenvalue weighted by Gasteiger charge is -2.45. The Bertz CT molecular complexity index is 760. The van der Waals surface area contributed by atoms with Crippen LogP contribution in [0.25, 0.3) is 0 Å². The lowest BCUT2D eigenvalue weighted by atomic mass is 9.86. The van der Waals surface area contributed by atoms with Gasteiger partial charge in [0, 0.05) is 32.0 Å². The summed E-state index contributed by atoms with van der Waals surface area (Å²) in [5, 5.41) is 12.5. The van der Waals surface area contributed by atoms with Crippen LogP contribution in [0.3, 0.4) is 0 Å². The van der Waals surface area contributed by atoms with E-state index in [4.69, 9.17) is 0 Å². The number of hydrogen-bond acceptors (Lipinski definition) is 7. The number of carbonyl (C=O) groups excluding carboxylic acids is 1. The fourth-order valence-corrected chi connectivity index (χ4v) is 3.58. The second-order valence-electron chi connectivity index (χ2n) is 7.74. The zero-order valence-corrected chi connectivity index (χ0v) is 16.5. The number of likely N-dealkylation sites (N-methyl/N-ethyl adjacent to an activating group) is 1. The Balaban J connectivity index is 1.89. The van der Waals surface area contributed by atoms with Gasteiger partial charge in [-0.05, 0) is 55.8 Å². The number of likely N-dealkylation sites (tertiary alicyclic amines) is 1. The number of aromatic nitrogens is 6. The van der Waals surface area contributed by atoms with Gasteiger partial charge < -0.3 is 4.90 Å². The van der Waals surface area contributed by atoms with Gasteiger partial charge in [-0.3, -0.25) is 9.69 Å². The van der Waals surface area contributed by atoms with Gasteiger partial charge in [0.15, 0.2) is 5.82 Å². The molecule has 3 heterocycles. The normalized spacial score (nSPS) is 20.4. The molecule has 0 saturated carbocycles. The molecule has 0 spiro atoms. The minimum atomic E-state index is -0.427. The van der Waals surface area contributed by atoms with Crippen molar-refractivity contribution in [1.82, 2.24) is 40.0 Å². The van der Waals surface area contributed by atoms with Crippen LogP contribution in [-0.2, 0) is 12.1 Å². The molecule has 1 fully saturated rings. The topological polar surface area (TPSA) is 92.9 Å². The van der Waals surface area contributed by atoms with Gasteiger partial charge in [-0.1, -0.05) is 13.8 Å². The molecule has 1 unspecified atom stereocenters. The van der Waals surface area contributed by atoms with E-state index in [2.05, 4.69) is 44.2 Å². The summed E-state index contributed by atoms with van der Waals surface area (Å²) in [7, 11) is 4.04. The third kappa shape index (κ3) is 3.97. The molecule has 9 heteroatoms. The van der Waals surface area contributed by atoms with E-state index in [9.17, 15) is 4.79 Å². The third-order valence-corrected chi connectivity index (χ3v) is 5.24. The number of amides is 1. The lowest BCUT2D eigenvalue weighted by Crippen LogP contribution is -2.56. The first kappa shape index (κ1) is 19.3. The van der Waals surface area contributed by atoms with Crippen LogP contribution in [0.2, 0.25) is 0 Å². The maximum atomic E-state index is 12.9. The molecule has 1 aliphatic heterocycles. The van der Waals surface area contributed by atoms with Crippen molar-refractivity contribution in [1.29, 1.82) is 0 Å². The van der Waals surface area contributed by atoms with Crippen LogP contribution in [-0.4, -0.2) is 73.1 Å². The van der Waals surface area contributed by atoms with Crippen LogP contribution in [0.5, 0.6) is 0 Å². The third-order valence-electron chi connectivity index (χ3n) is 5.24. The minimum Gasteiger partial charge on any atom is -0.334 e. The van der Waals surface area contributed by atoms with E-state index < -0.39 is 5.54 Å². The molecule has 1 aliphatic rings. The number of tetrazole rings is 1. The smallest absolute Gasteiger partial charge is 0.291 e. The number of carbonyl (C=O) groups is 1. The SMILES string of the molecule is CC(C)CCn1nnnc1C1(N(C)C)CCCN(C(=O)c2ncccn2)C1. The van der Waals surface area contributed by atoms with Gasteiger partial charge in [-0.2, -0.15) is 0 Å². The molecule has 0 N–H and O–H groups in total. The Labute approximate surface area is 159 Å². The highest BCUT2D eigenvalue weighted by Gasteiger charge is 2.45. The van der Waals surface area contributed by atoms with E-state index in [0.29, 0.717) is 19.0 Å². The number of aryl methyl sites for hydroxylation is 1. The molecule has 0 radical (unpaired) electrons. The summed E-state index contributed by atoms with van der Waals surface area (Å²) in [6.07, 6.45) is 5.95. The second kappa shape index (κ2) is 8.08. The van der Waals surface area contributed by atoms with Crippen LogP contribution in [0.15, 0.2) is 18.5 Å². The van der Waals surface area contributed by atoms with Crippen LogP contribution in [0.1, 0.15) is 49.6 Å². The highest BCUT2D eigenvalue weighted by atomic mass is 16.2. The predicted octanol–water partition coefficient (Wildman–Crippen LogP) is 1.20. The maximum absolute atomic E-state index is 12.9. The molecule has 0 aromatic carbocycles. The molecular weight excluding hydrogens is 344 g/mol. The first-order valence-electron chi connectivity index (χ1n) is 9.44. The van der Waals surface area contributed by atoms with Gasteiger partial charge >= 0.3 is 0 Å². The highest BCUT2D eigenvalue weighted by Crippen LogP contribution is 2.35. The van der Waals surface area contributed by atoms with Crippen molar-refractivity contribution in [3.63, 3.8) is 0 Å². The van der Waals surface area contributed by atoms with Gasteiger partial charge in [0.25, 0.3) is 5.91 Å². The standard InChI is InChI=1S/C18H28N8O/c1-14(2)7-12-26-17(21-22-23-26)18(24(3)4)8-5-11-25(13-18)16(27)15-19-9-6-10-20-15/h6,9-10,14H,5,7-8,11-13H2,1-4H3. The summed E-state index contributed by atoms with van der Waals surface area (Å²) >= 11 is 0. The van der Waals surface area contributed by atoms with Crippen molar-refractivity contribution in [2.45, 2.75) is 45.2 Å². The van der Waals surface area contributed by atoms with Crippen molar-refractivity contribution in [2.75, 3.05) is 27.2 Å². The van der Waals surface area contributed by atoms with E-state index in [1.54, 1.807) is 18.5 Å². The molecule has 0 bridgehead atoms. The zero-order chi connectivity index (χ0) is 19.4. The second-order valence-corrected chi connectivity index (χ2v) is 7.74. The molecule has 146 valence electrons. The van der Waals surface area contributed by atoms with Gasteiger partial charge in [-0.15, -0.1) is 5.10 Å². The summed E-state index contributed by atoms with van der Waals surface area (Å²) in [5.41, 5.74) is -0.427. The summed E-state index contributed by atoms with van der Waals surface area (Å²) in [4.78, 5) is 25.1. The summed E-state index contributed by atoms with van der Waals surface area (Å²) in [6, 6.07) is 1.71. The van der Waals surface area contributed by atoms with Crippen molar-refractivity contribution in [3.8, 4) is 0 Å². The van der Waals surface area contributed by atoms with Crippen LogP contribution in [0, 0.1) is 5.92 Å². The Morgan fingerprint density at radius 1 is 1.30 bits per heavy atom. The van der Waals surface area contributed by atoms with Crippen molar-refractivity contribution in [2.24, 2.45) is 5.92 Å². The highest BCUT2D eigenvalue weighted by molar-refractivity contribution is 5.90. The largest absolute Gasteiger partial charge is 0.334 e. The molecule has 1 atom stereocenters. The average Bonchev–Trinajstić information content (AvgIpc) is 3.15. The molecule has 0 aliphatic carbocycles. The van der Waals surface area contributed by atoms with E-state index >= 15 is 0 Å². The molecule has 9 nitrogen and oxygen atoms in total. The summed E-state index contributed by atoms with van der Waals surface area (Å²) in [6.45, 7) is 6.34.